The average molecular weight is 523 g/mol. The maximum atomic E-state index is 13.4. The topological polar surface area (TPSA) is 135 Å². The molecule has 5 N–H and O–H groups in total. The highest BCUT2D eigenvalue weighted by molar-refractivity contribution is 6.04. The number of carbonyl (C=O) groups excluding carboxylic acids is 1. The Morgan fingerprint density at radius 1 is 1.03 bits per heavy atom. The summed E-state index contributed by atoms with van der Waals surface area (Å²) in [5.74, 6) is 0.920. The van der Waals surface area contributed by atoms with Crippen LogP contribution >= 0.6 is 0 Å². The minimum Gasteiger partial charge on any atom is -0.449 e. The predicted octanol–water partition coefficient (Wildman–Crippen LogP) is 5.37. The Labute approximate surface area is 225 Å². The summed E-state index contributed by atoms with van der Waals surface area (Å²) in [7, 11) is 0. The standard InChI is InChI=1S/C29H30N8O2/c1-18-32-25(17-39-18)19-6-5-9-23(14-19)35-29(38)26-16-31-28-24(33-21-7-3-2-4-8-21)15-27(36-37(26)28)34-22-12-10-20(30)11-13-22/h2-9,14-17,20,22,33H,10-13,30H2,1H3,(H,34,36)(H,35,38)/t20-,22-. The van der Waals surface area contributed by atoms with E-state index in [-0.39, 0.29) is 18.0 Å². The van der Waals surface area contributed by atoms with Gasteiger partial charge in [0.2, 0.25) is 0 Å². The van der Waals surface area contributed by atoms with E-state index in [9.17, 15) is 4.79 Å². The van der Waals surface area contributed by atoms with Gasteiger partial charge in [-0.2, -0.15) is 0 Å². The fourth-order valence-corrected chi connectivity index (χ4v) is 4.88. The Morgan fingerprint density at radius 3 is 2.59 bits per heavy atom. The third-order valence-electron chi connectivity index (χ3n) is 6.91. The van der Waals surface area contributed by atoms with Crippen molar-refractivity contribution in [1.29, 1.82) is 0 Å². The molecule has 39 heavy (non-hydrogen) atoms. The number of rotatable bonds is 7. The zero-order valence-corrected chi connectivity index (χ0v) is 21.6. The van der Waals surface area contributed by atoms with Crippen LogP contribution in [0.2, 0.25) is 0 Å². The van der Waals surface area contributed by atoms with Crippen LogP contribution in [0.5, 0.6) is 0 Å². The Hall–Kier alpha value is -4.70. The summed E-state index contributed by atoms with van der Waals surface area (Å²) in [4.78, 5) is 22.4. The monoisotopic (exact) mass is 522 g/mol. The van der Waals surface area contributed by atoms with Crippen LogP contribution in [-0.2, 0) is 0 Å². The molecule has 1 saturated carbocycles. The Bertz CT molecular complexity index is 1600. The number of oxazole rings is 1. The van der Waals surface area contributed by atoms with Crippen molar-refractivity contribution in [2.75, 3.05) is 16.0 Å². The summed E-state index contributed by atoms with van der Waals surface area (Å²) in [6.45, 7) is 1.79. The minimum atomic E-state index is -0.324. The van der Waals surface area contributed by atoms with Gasteiger partial charge >= 0.3 is 0 Å². The number of anilines is 4. The number of aromatic nitrogens is 4. The number of benzene rings is 2. The molecule has 0 bridgehead atoms. The zero-order valence-electron chi connectivity index (χ0n) is 21.6. The molecule has 0 radical (unpaired) electrons. The Balaban J connectivity index is 1.31. The summed E-state index contributed by atoms with van der Waals surface area (Å²) in [6.07, 6.45) is 7.03. The van der Waals surface area contributed by atoms with E-state index in [2.05, 4.69) is 25.9 Å². The van der Waals surface area contributed by atoms with Gasteiger partial charge in [-0.1, -0.05) is 30.3 Å². The average Bonchev–Trinajstić information content (AvgIpc) is 3.57. The molecule has 0 saturated heterocycles. The highest BCUT2D eigenvalue weighted by atomic mass is 16.3. The zero-order chi connectivity index (χ0) is 26.8. The van der Waals surface area contributed by atoms with E-state index in [1.165, 1.54) is 0 Å². The Morgan fingerprint density at radius 2 is 1.82 bits per heavy atom. The lowest BCUT2D eigenvalue weighted by Crippen LogP contribution is -2.33. The van der Waals surface area contributed by atoms with E-state index in [1.54, 1.807) is 23.9 Å². The van der Waals surface area contributed by atoms with Gasteiger partial charge in [0.05, 0.1) is 11.9 Å². The van der Waals surface area contributed by atoms with E-state index >= 15 is 0 Å². The highest BCUT2D eigenvalue weighted by Gasteiger charge is 2.21. The molecule has 10 heteroatoms. The summed E-state index contributed by atoms with van der Waals surface area (Å²) in [5.41, 5.74) is 10.8. The molecule has 6 rings (SSSR count). The van der Waals surface area contributed by atoms with Gasteiger partial charge in [0.1, 0.15) is 17.8 Å². The van der Waals surface area contributed by atoms with Crippen molar-refractivity contribution in [3.8, 4) is 11.3 Å². The van der Waals surface area contributed by atoms with Crippen molar-refractivity contribution >= 4 is 34.4 Å². The third kappa shape index (κ3) is 5.46. The fourth-order valence-electron chi connectivity index (χ4n) is 4.88. The second-order valence-electron chi connectivity index (χ2n) is 9.86. The molecule has 2 aromatic carbocycles. The van der Waals surface area contributed by atoms with Crippen LogP contribution < -0.4 is 21.7 Å². The molecule has 1 aliphatic carbocycles. The lowest BCUT2D eigenvalue weighted by atomic mass is 9.92. The molecule has 10 nitrogen and oxygen atoms in total. The number of para-hydroxylation sites is 1. The van der Waals surface area contributed by atoms with E-state index in [0.29, 0.717) is 34.4 Å². The molecule has 3 heterocycles. The number of nitrogens with one attached hydrogen (secondary N) is 3. The fraction of sp³-hybridized carbons (Fsp3) is 0.241. The van der Waals surface area contributed by atoms with Crippen LogP contribution in [0.1, 0.15) is 42.1 Å². The quantitative estimate of drug-likeness (QED) is 0.224. The van der Waals surface area contributed by atoms with E-state index < -0.39 is 0 Å². The number of hydrogen-bond acceptors (Lipinski definition) is 8. The molecule has 5 aromatic rings. The van der Waals surface area contributed by atoms with Crippen LogP contribution in [0.3, 0.4) is 0 Å². The molecular formula is C29H30N8O2. The minimum absolute atomic E-state index is 0.254. The van der Waals surface area contributed by atoms with Gasteiger partial charge in [0, 0.05) is 42.0 Å². The van der Waals surface area contributed by atoms with Gasteiger partial charge in [-0.15, -0.1) is 5.10 Å². The molecule has 0 atom stereocenters. The molecule has 0 unspecified atom stereocenters. The number of fused-ring (bicyclic) bond motifs is 1. The van der Waals surface area contributed by atoms with Crippen LogP contribution in [0.25, 0.3) is 16.9 Å². The van der Waals surface area contributed by atoms with Gasteiger partial charge in [-0.05, 0) is 49.9 Å². The maximum Gasteiger partial charge on any atom is 0.276 e. The SMILES string of the molecule is Cc1nc(-c2cccc(NC(=O)c3cnc4c(Nc5ccccc5)cc(N[C@H]5CC[C@H](N)CC5)nn34)c2)co1. The van der Waals surface area contributed by atoms with Gasteiger partial charge in [-0.25, -0.2) is 14.5 Å². The van der Waals surface area contributed by atoms with Gasteiger partial charge in [-0.3, -0.25) is 4.79 Å². The van der Waals surface area contributed by atoms with Crippen molar-refractivity contribution in [1.82, 2.24) is 19.6 Å². The number of imidazole rings is 1. The molecule has 1 aliphatic rings. The first-order valence-corrected chi connectivity index (χ1v) is 13.1. The number of hydrogen-bond donors (Lipinski definition) is 4. The lowest BCUT2D eigenvalue weighted by Gasteiger charge is -2.27. The summed E-state index contributed by atoms with van der Waals surface area (Å²) >= 11 is 0. The first-order valence-electron chi connectivity index (χ1n) is 13.1. The van der Waals surface area contributed by atoms with Crippen molar-refractivity contribution in [3.05, 3.63) is 84.7 Å². The van der Waals surface area contributed by atoms with E-state index in [0.717, 1.165) is 42.6 Å². The number of nitrogens with zero attached hydrogens (tertiary/aromatic N) is 4. The van der Waals surface area contributed by atoms with Crippen molar-refractivity contribution < 1.29 is 9.21 Å². The van der Waals surface area contributed by atoms with Crippen LogP contribution in [0.4, 0.5) is 22.9 Å². The van der Waals surface area contributed by atoms with Gasteiger partial charge in [0.15, 0.2) is 17.2 Å². The lowest BCUT2D eigenvalue weighted by molar-refractivity contribution is 0.102. The third-order valence-corrected chi connectivity index (χ3v) is 6.91. The number of aryl methyl sites for hydroxylation is 1. The van der Waals surface area contributed by atoms with Gasteiger partial charge in [0.25, 0.3) is 5.91 Å². The largest absolute Gasteiger partial charge is 0.449 e. The van der Waals surface area contributed by atoms with Crippen molar-refractivity contribution in [2.45, 2.75) is 44.7 Å². The van der Waals surface area contributed by atoms with Crippen molar-refractivity contribution in [3.63, 3.8) is 0 Å². The van der Waals surface area contributed by atoms with Gasteiger partial charge < -0.3 is 26.1 Å². The van der Waals surface area contributed by atoms with Crippen LogP contribution in [-0.4, -0.2) is 37.6 Å². The van der Waals surface area contributed by atoms with Crippen molar-refractivity contribution in [2.24, 2.45) is 5.73 Å². The molecule has 0 aliphatic heterocycles. The number of nitrogens with two attached hydrogens (primary N) is 1. The second-order valence-corrected chi connectivity index (χ2v) is 9.86. The smallest absolute Gasteiger partial charge is 0.276 e. The van der Waals surface area contributed by atoms with E-state index in [4.69, 9.17) is 15.2 Å². The predicted molar refractivity (Wildman–Crippen MR) is 151 cm³/mol. The number of carbonyl (C=O) groups is 1. The normalized spacial score (nSPS) is 17.2. The maximum absolute atomic E-state index is 13.4. The molecule has 0 spiro atoms. The first kappa shape index (κ1) is 24.6. The molecule has 1 amide bonds. The number of amides is 1. The summed E-state index contributed by atoms with van der Waals surface area (Å²) in [5, 5.41) is 14.7. The molecular weight excluding hydrogens is 492 g/mol. The summed E-state index contributed by atoms with van der Waals surface area (Å²) < 4.78 is 6.92. The highest BCUT2D eigenvalue weighted by Crippen LogP contribution is 2.28. The second kappa shape index (κ2) is 10.6. The van der Waals surface area contributed by atoms with E-state index in [1.807, 2.05) is 60.7 Å². The summed E-state index contributed by atoms with van der Waals surface area (Å²) in [6, 6.07) is 19.8. The van der Waals surface area contributed by atoms with Crippen LogP contribution in [0.15, 0.2) is 77.5 Å². The Kier molecular flexibility index (Phi) is 6.68. The van der Waals surface area contributed by atoms with Crippen LogP contribution in [0, 0.1) is 6.92 Å². The molecule has 1 fully saturated rings. The first-order chi connectivity index (χ1) is 19.0. The molecule has 3 aromatic heterocycles. The molecule has 198 valence electrons.